The van der Waals surface area contributed by atoms with Gasteiger partial charge in [0.15, 0.2) is 0 Å². The van der Waals surface area contributed by atoms with Crippen LogP contribution < -0.4 is 9.62 Å². The van der Waals surface area contributed by atoms with Crippen molar-refractivity contribution in [3.8, 4) is 0 Å². The van der Waals surface area contributed by atoms with Crippen molar-refractivity contribution in [1.82, 2.24) is 5.32 Å². The van der Waals surface area contributed by atoms with E-state index in [1.807, 2.05) is 0 Å². The van der Waals surface area contributed by atoms with Crippen LogP contribution in [-0.2, 0) is 19.6 Å². The lowest BCUT2D eigenvalue weighted by atomic mass is 10.2. The largest absolute Gasteiger partial charge is 0.465 e. The number of carbonyl (C=O) groups is 2. The van der Waals surface area contributed by atoms with E-state index in [0.29, 0.717) is 6.42 Å². The molecule has 0 aliphatic rings. The van der Waals surface area contributed by atoms with Crippen LogP contribution in [0.1, 0.15) is 23.7 Å². The third-order valence-electron chi connectivity index (χ3n) is 2.94. The molecule has 0 spiro atoms. The summed E-state index contributed by atoms with van der Waals surface area (Å²) in [4.78, 5) is 23.0. The van der Waals surface area contributed by atoms with E-state index in [4.69, 9.17) is 0 Å². The van der Waals surface area contributed by atoms with Crippen molar-refractivity contribution in [2.75, 3.05) is 30.8 Å². The molecule has 0 saturated carbocycles. The molecule has 122 valence electrons. The number of amides is 1. The van der Waals surface area contributed by atoms with E-state index in [1.165, 1.54) is 19.2 Å². The first-order chi connectivity index (χ1) is 10.3. The predicted molar refractivity (Wildman–Crippen MR) is 83.3 cm³/mol. The molecule has 0 atom stereocenters. The molecule has 0 aromatic heterocycles. The van der Waals surface area contributed by atoms with Gasteiger partial charge in [-0.15, -0.1) is 0 Å². The fourth-order valence-electron chi connectivity index (χ4n) is 1.86. The lowest BCUT2D eigenvalue weighted by molar-refractivity contribution is -0.120. The number of rotatable bonds is 7. The third-order valence-corrected chi connectivity index (χ3v) is 4.12. The monoisotopic (exact) mass is 328 g/mol. The molecule has 0 heterocycles. The lowest BCUT2D eigenvalue weighted by Gasteiger charge is -2.24. The lowest BCUT2D eigenvalue weighted by Crippen LogP contribution is -2.38. The Balaban J connectivity index is 3.09. The topological polar surface area (TPSA) is 92.8 Å². The molecule has 0 fully saturated rings. The molecule has 22 heavy (non-hydrogen) atoms. The number of ether oxygens (including phenoxy) is 1. The molecule has 0 aliphatic carbocycles. The molecule has 1 amide bonds. The van der Waals surface area contributed by atoms with Crippen molar-refractivity contribution in [2.24, 2.45) is 0 Å². The van der Waals surface area contributed by atoms with Crippen LogP contribution in [-0.4, -0.2) is 46.7 Å². The molecule has 0 saturated heterocycles. The van der Waals surface area contributed by atoms with Gasteiger partial charge < -0.3 is 10.1 Å². The van der Waals surface area contributed by atoms with Gasteiger partial charge in [0.25, 0.3) is 0 Å². The maximum Gasteiger partial charge on any atom is 0.340 e. The Kier molecular flexibility index (Phi) is 6.36. The molecule has 0 radical (unpaired) electrons. The first-order valence-electron chi connectivity index (χ1n) is 6.73. The van der Waals surface area contributed by atoms with Crippen LogP contribution in [0.5, 0.6) is 0 Å². The van der Waals surface area contributed by atoms with E-state index in [1.54, 1.807) is 19.1 Å². The molecule has 0 unspecified atom stereocenters. The van der Waals surface area contributed by atoms with E-state index >= 15 is 0 Å². The normalized spacial score (nSPS) is 10.9. The van der Waals surface area contributed by atoms with Crippen LogP contribution in [0, 0.1) is 0 Å². The summed E-state index contributed by atoms with van der Waals surface area (Å²) in [6.07, 6.45) is 1.36. The minimum Gasteiger partial charge on any atom is -0.465 e. The highest BCUT2D eigenvalue weighted by molar-refractivity contribution is 7.92. The van der Waals surface area contributed by atoms with Gasteiger partial charge in [0.1, 0.15) is 0 Å². The summed E-state index contributed by atoms with van der Waals surface area (Å²) < 4.78 is 29.8. The quantitative estimate of drug-likeness (QED) is 0.746. The highest BCUT2D eigenvalue weighted by Gasteiger charge is 2.23. The van der Waals surface area contributed by atoms with Crippen molar-refractivity contribution in [1.29, 1.82) is 0 Å². The molecule has 0 aliphatic heterocycles. The van der Waals surface area contributed by atoms with Crippen molar-refractivity contribution < 1.29 is 22.7 Å². The van der Waals surface area contributed by atoms with Gasteiger partial charge in [0.05, 0.1) is 31.2 Å². The zero-order valence-corrected chi connectivity index (χ0v) is 13.6. The van der Waals surface area contributed by atoms with Crippen LogP contribution in [0.4, 0.5) is 5.69 Å². The highest BCUT2D eigenvalue weighted by atomic mass is 32.2. The number of nitrogens with one attached hydrogen (secondary N) is 1. The molecule has 1 rings (SSSR count). The number of hydrogen-bond donors (Lipinski definition) is 1. The van der Waals surface area contributed by atoms with Gasteiger partial charge in [-0.05, 0) is 12.1 Å². The van der Waals surface area contributed by atoms with Gasteiger partial charge in [0, 0.05) is 13.0 Å². The molecule has 1 aromatic rings. The summed E-state index contributed by atoms with van der Waals surface area (Å²) in [5.41, 5.74) is 0.375. The number of hydrogen-bond acceptors (Lipinski definition) is 5. The van der Waals surface area contributed by atoms with Gasteiger partial charge >= 0.3 is 5.97 Å². The van der Waals surface area contributed by atoms with E-state index in [-0.39, 0.29) is 30.2 Å². The SMILES string of the molecule is CCC(=O)NCCN(c1ccccc1C(=O)OC)S(C)(=O)=O. The maximum absolute atomic E-state index is 12.0. The average molecular weight is 328 g/mol. The van der Waals surface area contributed by atoms with Gasteiger partial charge in [-0.3, -0.25) is 9.10 Å². The van der Waals surface area contributed by atoms with Crippen molar-refractivity contribution in [3.63, 3.8) is 0 Å². The number of methoxy groups -OCH3 is 1. The number of esters is 1. The van der Waals surface area contributed by atoms with Crippen LogP contribution in [0.15, 0.2) is 24.3 Å². The van der Waals surface area contributed by atoms with Gasteiger partial charge in [-0.2, -0.15) is 0 Å². The Morgan fingerprint density at radius 3 is 2.45 bits per heavy atom. The molecule has 0 bridgehead atoms. The second kappa shape index (κ2) is 7.79. The first-order valence-corrected chi connectivity index (χ1v) is 8.57. The smallest absolute Gasteiger partial charge is 0.340 e. The predicted octanol–water partition coefficient (Wildman–Crippen LogP) is 0.765. The van der Waals surface area contributed by atoms with E-state index < -0.39 is 16.0 Å². The minimum absolute atomic E-state index is 0.0264. The van der Waals surface area contributed by atoms with Gasteiger partial charge in [-0.1, -0.05) is 19.1 Å². The Bertz CT molecular complexity index is 642. The van der Waals surface area contributed by atoms with Crippen molar-refractivity contribution in [3.05, 3.63) is 29.8 Å². The summed E-state index contributed by atoms with van der Waals surface area (Å²) >= 11 is 0. The van der Waals surface area contributed by atoms with E-state index in [2.05, 4.69) is 10.1 Å². The summed E-state index contributed by atoms with van der Waals surface area (Å²) in [6, 6.07) is 6.26. The molecule has 7 nitrogen and oxygen atoms in total. The van der Waals surface area contributed by atoms with Crippen molar-refractivity contribution >= 4 is 27.6 Å². The number of para-hydroxylation sites is 1. The zero-order chi connectivity index (χ0) is 16.8. The molecule has 1 N–H and O–H groups in total. The molecular formula is C14H20N2O5S. The fraction of sp³-hybridized carbons (Fsp3) is 0.429. The Hall–Kier alpha value is -2.09. The second-order valence-electron chi connectivity index (χ2n) is 4.55. The number of anilines is 1. The number of nitrogens with zero attached hydrogens (tertiary/aromatic N) is 1. The van der Waals surface area contributed by atoms with E-state index in [0.717, 1.165) is 10.6 Å². The van der Waals surface area contributed by atoms with Crippen LogP contribution >= 0.6 is 0 Å². The second-order valence-corrected chi connectivity index (χ2v) is 6.45. The first kappa shape index (κ1) is 18.0. The number of sulfonamides is 1. The fourth-order valence-corrected chi connectivity index (χ4v) is 2.80. The summed E-state index contributed by atoms with van der Waals surface area (Å²) in [5, 5.41) is 2.61. The Morgan fingerprint density at radius 2 is 1.91 bits per heavy atom. The molecular weight excluding hydrogens is 308 g/mol. The Labute approximate surface area is 130 Å². The van der Waals surface area contributed by atoms with Crippen LogP contribution in [0.25, 0.3) is 0 Å². The van der Waals surface area contributed by atoms with Gasteiger partial charge in [0.2, 0.25) is 15.9 Å². The standard InChI is InChI=1S/C14H20N2O5S/c1-4-13(17)15-9-10-16(22(3,19)20)12-8-6-5-7-11(12)14(18)21-2/h5-8H,4,9-10H2,1-3H3,(H,15,17). The van der Waals surface area contributed by atoms with Crippen molar-refractivity contribution in [2.45, 2.75) is 13.3 Å². The van der Waals surface area contributed by atoms with E-state index in [9.17, 15) is 18.0 Å². The molecule has 8 heteroatoms. The highest BCUT2D eigenvalue weighted by Crippen LogP contribution is 2.23. The summed E-state index contributed by atoms with van der Waals surface area (Å²) in [7, 11) is -2.39. The Morgan fingerprint density at radius 1 is 1.27 bits per heavy atom. The van der Waals surface area contributed by atoms with Gasteiger partial charge in [-0.25, -0.2) is 13.2 Å². The zero-order valence-electron chi connectivity index (χ0n) is 12.8. The summed E-state index contributed by atoms with van der Waals surface area (Å²) in [6.45, 7) is 1.88. The maximum atomic E-state index is 12.0. The number of benzene rings is 1. The van der Waals surface area contributed by atoms with Crippen LogP contribution in [0.3, 0.4) is 0 Å². The summed E-state index contributed by atoms with van der Waals surface area (Å²) in [5.74, 6) is -0.795. The minimum atomic E-state index is -3.61. The molecule has 1 aromatic carbocycles. The van der Waals surface area contributed by atoms with Crippen LogP contribution in [0.2, 0.25) is 0 Å². The number of carbonyl (C=O) groups excluding carboxylic acids is 2. The average Bonchev–Trinajstić information content (AvgIpc) is 2.49. The third kappa shape index (κ3) is 4.73.